The van der Waals surface area contributed by atoms with Crippen LogP contribution in [0.2, 0.25) is 0 Å². The molecule has 1 N–H and O–H groups in total. The van der Waals surface area contributed by atoms with Crippen molar-refractivity contribution in [3.05, 3.63) is 87.2 Å². The molecule has 0 aliphatic heterocycles. The standard InChI is InChI=1S/C23H23N5O3/c1-15-21-19(24-25-22(29)16-9-11-18(12-10-16)28(30)31)13-23(2,3)14-20(21)27(26-15)17-7-5-4-6-8-17/h4-12H,13-14H2,1-3H3,(H,25,29)/b24-19+. The number of nitrogens with zero attached hydrogens (tertiary/aromatic N) is 4. The van der Waals surface area contributed by atoms with Crippen LogP contribution in [0.5, 0.6) is 0 Å². The van der Waals surface area contributed by atoms with Crippen LogP contribution in [0.3, 0.4) is 0 Å². The number of benzene rings is 2. The Morgan fingerprint density at radius 2 is 1.81 bits per heavy atom. The van der Waals surface area contributed by atoms with Crippen molar-refractivity contribution in [2.45, 2.75) is 33.6 Å². The Morgan fingerprint density at radius 1 is 1.13 bits per heavy atom. The number of aryl methyl sites for hydroxylation is 1. The van der Waals surface area contributed by atoms with E-state index in [-0.39, 0.29) is 11.1 Å². The molecule has 0 atom stereocenters. The SMILES string of the molecule is Cc1nn(-c2ccccc2)c2c1/C(=N/NC(=O)c1ccc([N+](=O)[O-])cc1)CC(C)(C)C2. The van der Waals surface area contributed by atoms with Crippen molar-refractivity contribution in [3.8, 4) is 5.69 Å². The fraction of sp³-hybridized carbons (Fsp3) is 0.261. The molecule has 0 radical (unpaired) electrons. The van der Waals surface area contributed by atoms with E-state index in [0.29, 0.717) is 12.0 Å². The fourth-order valence-electron chi connectivity index (χ4n) is 3.97. The van der Waals surface area contributed by atoms with Crippen molar-refractivity contribution in [3.63, 3.8) is 0 Å². The lowest BCUT2D eigenvalue weighted by Crippen LogP contribution is -2.31. The highest BCUT2D eigenvalue weighted by molar-refractivity contribution is 6.05. The third kappa shape index (κ3) is 4.09. The van der Waals surface area contributed by atoms with Gasteiger partial charge < -0.3 is 0 Å². The van der Waals surface area contributed by atoms with E-state index in [1.54, 1.807) is 0 Å². The Labute approximate surface area is 179 Å². The lowest BCUT2D eigenvalue weighted by Gasteiger charge is -2.31. The number of hydrogen-bond donors (Lipinski definition) is 1. The molecule has 1 heterocycles. The molecule has 2 aromatic carbocycles. The Balaban J connectivity index is 1.67. The van der Waals surface area contributed by atoms with Gasteiger partial charge in [0.15, 0.2) is 0 Å². The molecule has 1 aliphatic rings. The highest BCUT2D eigenvalue weighted by atomic mass is 16.6. The molecule has 1 amide bonds. The average Bonchev–Trinajstić information content (AvgIpc) is 3.07. The number of aromatic nitrogens is 2. The monoisotopic (exact) mass is 417 g/mol. The number of nitrogens with one attached hydrogen (secondary N) is 1. The topological polar surface area (TPSA) is 102 Å². The van der Waals surface area contributed by atoms with Crippen molar-refractivity contribution in [1.82, 2.24) is 15.2 Å². The molecule has 3 aromatic rings. The van der Waals surface area contributed by atoms with Crippen LogP contribution in [0.4, 0.5) is 5.69 Å². The summed E-state index contributed by atoms with van der Waals surface area (Å²) in [4.78, 5) is 22.8. The van der Waals surface area contributed by atoms with E-state index in [1.807, 2.05) is 41.9 Å². The number of nitro groups is 1. The van der Waals surface area contributed by atoms with Crippen LogP contribution in [-0.4, -0.2) is 26.3 Å². The molecule has 0 bridgehead atoms. The van der Waals surface area contributed by atoms with Crippen LogP contribution < -0.4 is 5.43 Å². The van der Waals surface area contributed by atoms with Gasteiger partial charge in [-0.15, -0.1) is 0 Å². The third-order valence-electron chi connectivity index (χ3n) is 5.37. The maximum atomic E-state index is 12.5. The number of hydrogen-bond acceptors (Lipinski definition) is 5. The minimum absolute atomic E-state index is 0.0527. The number of carbonyl (C=O) groups is 1. The van der Waals surface area contributed by atoms with Gasteiger partial charge in [-0.1, -0.05) is 32.0 Å². The van der Waals surface area contributed by atoms with E-state index >= 15 is 0 Å². The molecule has 8 nitrogen and oxygen atoms in total. The Hall–Kier alpha value is -3.81. The summed E-state index contributed by atoms with van der Waals surface area (Å²) in [7, 11) is 0. The summed E-state index contributed by atoms with van der Waals surface area (Å²) in [6.45, 7) is 6.28. The molecule has 0 spiro atoms. The van der Waals surface area contributed by atoms with Gasteiger partial charge in [-0.2, -0.15) is 10.2 Å². The van der Waals surface area contributed by atoms with E-state index in [4.69, 9.17) is 5.10 Å². The molecule has 1 aromatic heterocycles. The van der Waals surface area contributed by atoms with Crippen molar-refractivity contribution in [1.29, 1.82) is 0 Å². The molecule has 1 aliphatic carbocycles. The first kappa shape index (κ1) is 20.5. The maximum Gasteiger partial charge on any atom is 0.271 e. The highest BCUT2D eigenvalue weighted by Gasteiger charge is 2.34. The average molecular weight is 417 g/mol. The molecule has 8 heteroatoms. The first-order valence-electron chi connectivity index (χ1n) is 10.0. The molecular weight excluding hydrogens is 394 g/mol. The smallest absolute Gasteiger partial charge is 0.267 e. The predicted molar refractivity (Wildman–Crippen MR) is 118 cm³/mol. The number of fused-ring (bicyclic) bond motifs is 1. The molecule has 31 heavy (non-hydrogen) atoms. The number of amides is 1. The number of non-ortho nitro benzene ring substituents is 1. The Morgan fingerprint density at radius 3 is 2.45 bits per heavy atom. The van der Waals surface area contributed by atoms with E-state index in [9.17, 15) is 14.9 Å². The largest absolute Gasteiger partial charge is 0.271 e. The van der Waals surface area contributed by atoms with Crippen molar-refractivity contribution in [2.75, 3.05) is 0 Å². The van der Waals surface area contributed by atoms with Crippen LogP contribution in [0.15, 0.2) is 59.7 Å². The Kier molecular flexibility index (Phi) is 5.14. The second kappa shape index (κ2) is 7.79. The summed E-state index contributed by atoms with van der Waals surface area (Å²) in [5.74, 6) is -0.416. The van der Waals surface area contributed by atoms with Gasteiger partial charge in [-0.3, -0.25) is 14.9 Å². The molecule has 0 saturated heterocycles. The molecule has 158 valence electrons. The second-order valence-corrected chi connectivity index (χ2v) is 8.48. The van der Waals surface area contributed by atoms with Crippen molar-refractivity contribution >= 4 is 17.3 Å². The molecule has 0 saturated carbocycles. The zero-order chi connectivity index (χ0) is 22.2. The predicted octanol–water partition coefficient (Wildman–Crippen LogP) is 4.20. The highest BCUT2D eigenvalue weighted by Crippen LogP contribution is 2.37. The van der Waals surface area contributed by atoms with E-state index in [1.165, 1.54) is 24.3 Å². The van der Waals surface area contributed by atoms with Gasteiger partial charge in [0.1, 0.15) is 0 Å². The van der Waals surface area contributed by atoms with Gasteiger partial charge in [0.25, 0.3) is 11.6 Å². The number of hydrazone groups is 1. The Bertz CT molecular complexity index is 1180. The summed E-state index contributed by atoms with van der Waals surface area (Å²) in [5.41, 5.74) is 7.47. The normalized spacial score (nSPS) is 16.0. The summed E-state index contributed by atoms with van der Waals surface area (Å²) in [5, 5.41) is 20.0. The van der Waals surface area contributed by atoms with Gasteiger partial charge in [0.2, 0.25) is 0 Å². The zero-order valence-electron chi connectivity index (χ0n) is 17.6. The third-order valence-corrected chi connectivity index (χ3v) is 5.37. The van der Waals surface area contributed by atoms with E-state index in [0.717, 1.165) is 34.8 Å². The minimum atomic E-state index is -0.499. The van der Waals surface area contributed by atoms with Crippen LogP contribution in [0.25, 0.3) is 5.69 Å². The quantitative estimate of drug-likeness (QED) is 0.508. The maximum absolute atomic E-state index is 12.5. The van der Waals surface area contributed by atoms with Gasteiger partial charge in [0, 0.05) is 23.3 Å². The van der Waals surface area contributed by atoms with Gasteiger partial charge in [-0.25, -0.2) is 10.1 Å². The van der Waals surface area contributed by atoms with Crippen LogP contribution >= 0.6 is 0 Å². The van der Waals surface area contributed by atoms with Crippen molar-refractivity contribution < 1.29 is 9.72 Å². The molecule has 0 unspecified atom stereocenters. The summed E-state index contributed by atoms with van der Waals surface area (Å²) in [6.07, 6.45) is 1.54. The van der Waals surface area contributed by atoms with Crippen LogP contribution in [0.1, 0.15) is 47.6 Å². The van der Waals surface area contributed by atoms with Crippen LogP contribution in [0, 0.1) is 22.5 Å². The summed E-state index contributed by atoms with van der Waals surface area (Å²) in [6, 6.07) is 15.4. The first-order valence-corrected chi connectivity index (χ1v) is 10.0. The second-order valence-electron chi connectivity index (χ2n) is 8.48. The summed E-state index contributed by atoms with van der Waals surface area (Å²) >= 11 is 0. The first-order chi connectivity index (χ1) is 14.7. The van der Waals surface area contributed by atoms with E-state index < -0.39 is 10.8 Å². The number of rotatable bonds is 4. The van der Waals surface area contributed by atoms with Gasteiger partial charge in [0.05, 0.1) is 27.7 Å². The fourth-order valence-corrected chi connectivity index (χ4v) is 3.97. The van der Waals surface area contributed by atoms with E-state index in [2.05, 4.69) is 24.4 Å². The molecule has 4 rings (SSSR count). The van der Waals surface area contributed by atoms with Crippen LogP contribution in [-0.2, 0) is 6.42 Å². The number of carbonyl (C=O) groups excluding carboxylic acids is 1. The summed E-state index contributed by atoms with van der Waals surface area (Å²) < 4.78 is 1.96. The van der Waals surface area contributed by atoms with Crippen molar-refractivity contribution in [2.24, 2.45) is 10.5 Å². The zero-order valence-corrected chi connectivity index (χ0v) is 17.6. The molecule has 0 fully saturated rings. The minimum Gasteiger partial charge on any atom is -0.267 e. The molecular formula is C23H23N5O3. The van der Waals surface area contributed by atoms with Gasteiger partial charge in [-0.05, 0) is 49.4 Å². The number of para-hydroxylation sites is 1. The lowest BCUT2D eigenvalue weighted by atomic mass is 9.75. The lowest BCUT2D eigenvalue weighted by molar-refractivity contribution is -0.384. The van der Waals surface area contributed by atoms with Gasteiger partial charge >= 0.3 is 0 Å². The number of nitro benzene ring substituents is 1.